The number of amides is 1. The van der Waals surface area contributed by atoms with Crippen molar-refractivity contribution in [2.75, 3.05) is 0 Å². The number of aromatic amines is 1. The van der Waals surface area contributed by atoms with Gasteiger partial charge >= 0.3 is 0 Å². The van der Waals surface area contributed by atoms with Gasteiger partial charge in [0, 0.05) is 18.0 Å². The second kappa shape index (κ2) is 5.09. The summed E-state index contributed by atoms with van der Waals surface area (Å²) >= 11 is 3.03. The first-order chi connectivity index (χ1) is 8.16. The first-order valence-corrected chi connectivity index (χ1v) is 5.67. The molecule has 2 N–H and O–H groups in total. The summed E-state index contributed by atoms with van der Waals surface area (Å²) in [5.74, 6) is -0.153. The van der Waals surface area contributed by atoms with Crippen LogP contribution in [0.2, 0.25) is 0 Å². The summed E-state index contributed by atoms with van der Waals surface area (Å²) in [6, 6.07) is 4.23. The van der Waals surface area contributed by atoms with Gasteiger partial charge in [0.15, 0.2) is 0 Å². The second-order valence-corrected chi connectivity index (χ2v) is 4.20. The fourth-order valence-corrected chi connectivity index (χ4v) is 1.54. The standard InChI is InChI=1S/C11H9BrFN3O/c12-8-2-1-7(5-9(8)13)11(17)16-6-10-14-3-4-15-10/h1-5H,6H2,(H,14,15)(H,16,17). The minimum atomic E-state index is -0.462. The molecule has 2 rings (SSSR count). The monoisotopic (exact) mass is 297 g/mol. The molecule has 17 heavy (non-hydrogen) atoms. The van der Waals surface area contributed by atoms with Crippen LogP contribution in [0.25, 0.3) is 0 Å². The van der Waals surface area contributed by atoms with Crippen LogP contribution in [-0.2, 0) is 6.54 Å². The predicted octanol–water partition coefficient (Wildman–Crippen LogP) is 2.24. The highest BCUT2D eigenvalue weighted by atomic mass is 79.9. The summed E-state index contributed by atoms with van der Waals surface area (Å²) in [4.78, 5) is 18.5. The largest absolute Gasteiger partial charge is 0.347 e. The van der Waals surface area contributed by atoms with Crippen molar-refractivity contribution in [2.45, 2.75) is 6.54 Å². The van der Waals surface area contributed by atoms with Crippen LogP contribution in [0.1, 0.15) is 16.2 Å². The Hall–Kier alpha value is -1.69. The lowest BCUT2D eigenvalue weighted by molar-refractivity contribution is 0.0949. The average molecular weight is 298 g/mol. The lowest BCUT2D eigenvalue weighted by Crippen LogP contribution is -2.23. The molecule has 1 aromatic heterocycles. The van der Waals surface area contributed by atoms with Crippen LogP contribution in [-0.4, -0.2) is 15.9 Å². The molecule has 0 saturated heterocycles. The molecular weight excluding hydrogens is 289 g/mol. The van der Waals surface area contributed by atoms with Crippen molar-refractivity contribution >= 4 is 21.8 Å². The van der Waals surface area contributed by atoms with Crippen molar-refractivity contribution in [3.63, 3.8) is 0 Å². The number of H-pyrrole nitrogens is 1. The average Bonchev–Trinajstić information content (AvgIpc) is 2.82. The summed E-state index contributed by atoms with van der Waals surface area (Å²) in [5.41, 5.74) is 0.275. The number of benzene rings is 1. The van der Waals surface area contributed by atoms with Gasteiger partial charge in [0.25, 0.3) is 5.91 Å². The van der Waals surface area contributed by atoms with Crippen molar-refractivity contribution in [1.29, 1.82) is 0 Å². The van der Waals surface area contributed by atoms with Crippen LogP contribution in [0.5, 0.6) is 0 Å². The van der Waals surface area contributed by atoms with E-state index in [1.54, 1.807) is 18.5 Å². The highest BCUT2D eigenvalue weighted by Crippen LogP contribution is 2.16. The molecule has 0 aliphatic rings. The van der Waals surface area contributed by atoms with Crippen LogP contribution in [0.4, 0.5) is 4.39 Å². The summed E-state index contributed by atoms with van der Waals surface area (Å²) in [5, 5.41) is 2.63. The van der Waals surface area contributed by atoms with Crippen LogP contribution in [0.15, 0.2) is 35.1 Å². The molecule has 0 aliphatic carbocycles. The number of hydrogen-bond acceptors (Lipinski definition) is 2. The van der Waals surface area contributed by atoms with E-state index in [1.807, 2.05) is 0 Å². The van der Waals surface area contributed by atoms with E-state index in [2.05, 4.69) is 31.2 Å². The Balaban J connectivity index is 2.02. The normalized spacial score (nSPS) is 10.2. The van der Waals surface area contributed by atoms with Crippen LogP contribution in [0, 0.1) is 5.82 Å². The Morgan fingerprint density at radius 2 is 2.35 bits per heavy atom. The van der Waals surface area contributed by atoms with Crippen molar-refractivity contribution in [1.82, 2.24) is 15.3 Å². The molecule has 1 heterocycles. The van der Waals surface area contributed by atoms with E-state index in [1.165, 1.54) is 12.1 Å². The van der Waals surface area contributed by atoms with E-state index in [9.17, 15) is 9.18 Å². The summed E-state index contributed by atoms with van der Waals surface area (Å²) in [6.07, 6.45) is 3.27. The lowest BCUT2D eigenvalue weighted by Gasteiger charge is -2.04. The van der Waals surface area contributed by atoms with E-state index < -0.39 is 5.82 Å². The molecule has 0 spiro atoms. The van der Waals surface area contributed by atoms with E-state index in [0.29, 0.717) is 10.3 Å². The third kappa shape index (κ3) is 2.91. The number of hydrogen-bond donors (Lipinski definition) is 2. The molecule has 6 heteroatoms. The first-order valence-electron chi connectivity index (χ1n) is 4.88. The molecule has 0 saturated carbocycles. The zero-order chi connectivity index (χ0) is 12.3. The molecule has 0 fully saturated rings. The van der Waals surface area contributed by atoms with E-state index in [-0.39, 0.29) is 18.0 Å². The number of halogens is 2. The van der Waals surface area contributed by atoms with Gasteiger partial charge in [-0.2, -0.15) is 0 Å². The summed E-state index contributed by atoms with van der Waals surface area (Å²) in [6.45, 7) is 0.281. The number of nitrogens with zero attached hydrogens (tertiary/aromatic N) is 1. The summed E-state index contributed by atoms with van der Waals surface area (Å²) in [7, 11) is 0. The van der Waals surface area contributed by atoms with Gasteiger partial charge in [-0.25, -0.2) is 9.37 Å². The van der Waals surface area contributed by atoms with Crippen molar-refractivity contribution in [3.8, 4) is 0 Å². The Morgan fingerprint density at radius 3 is 3.00 bits per heavy atom. The minimum absolute atomic E-state index is 0.275. The van der Waals surface area contributed by atoms with Crippen molar-refractivity contribution < 1.29 is 9.18 Å². The molecular formula is C11H9BrFN3O. The van der Waals surface area contributed by atoms with E-state index in [0.717, 1.165) is 0 Å². The molecule has 1 amide bonds. The van der Waals surface area contributed by atoms with E-state index in [4.69, 9.17) is 0 Å². The number of nitrogens with one attached hydrogen (secondary N) is 2. The van der Waals surface area contributed by atoms with Gasteiger partial charge in [-0.1, -0.05) is 0 Å². The topological polar surface area (TPSA) is 57.8 Å². The SMILES string of the molecule is O=C(NCc1ncc[nH]1)c1ccc(Br)c(F)c1. The van der Waals surface area contributed by atoms with Gasteiger partial charge < -0.3 is 10.3 Å². The zero-order valence-corrected chi connectivity index (χ0v) is 10.3. The number of imidazole rings is 1. The van der Waals surface area contributed by atoms with Gasteiger partial charge in [0.05, 0.1) is 11.0 Å². The maximum absolute atomic E-state index is 13.2. The number of carbonyl (C=O) groups excluding carboxylic acids is 1. The third-order valence-corrected chi connectivity index (χ3v) is 2.80. The van der Waals surface area contributed by atoms with Crippen molar-refractivity contribution in [3.05, 3.63) is 52.3 Å². The van der Waals surface area contributed by atoms with Gasteiger partial charge in [0.1, 0.15) is 11.6 Å². The molecule has 4 nitrogen and oxygen atoms in total. The highest BCUT2D eigenvalue weighted by Gasteiger charge is 2.08. The van der Waals surface area contributed by atoms with E-state index >= 15 is 0 Å². The maximum Gasteiger partial charge on any atom is 0.251 e. The second-order valence-electron chi connectivity index (χ2n) is 3.35. The van der Waals surface area contributed by atoms with Gasteiger partial charge in [-0.05, 0) is 34.1 Å². The van der Waals surface area contributed by atoms with Gasteiger partial charge in [-0.15, -0.1) is 0 Å². The fourth-order valence-electron chi connectivity index (χ4n) is 1.30. The zero-order valence-electron chi connectivity index (χ0n) is 8.71. The van der Waals surface area contributed by atoms with Crippen LogP contribution < -0.4 is 5.32 Å². The molecule has 0 radical (unpaired) electrons. The first kappa shape index (κ1) is 11.8. The Morgan fingerprint density at radius 1 is 1.53 bits per heavy atom. The molecule has 88 valence electrons. The van der Waals surface area contributed by atoms with Gasteiger partial charge in [0.2, 0.25) is 0 Å². The molecule has 0 bridgehead atoms. The number of aromatic nitrogens is 2. The Kier molecular flexibility index (Phi) is 3.53. The summed E-state index contributed by atoms with van der Waals surface area (Å²) < 4.78 is 13.5. The maximum atomic E-state index is 13.2. The highest BCUT2D eigenvalue weighted by molar-refractivity contribution is 9.10. The number of rotatable bonds is 3. The van der Waals surface area contributed by atoms with Crippen molar-refractivity contribution in [2.24, 2.45) is 0 Å². The number of carbonyl (C=O) groups is 1. The fraction of sp³-hybridized carbons (Fsp3) is 0.0909. The lowest BCUT2D eigenvalue weighted by atomic mass is 10.2. The van der Waals surface area contributed by atoms with Crippen LogP contribution >= 0.6 is 15.9 Å². The molecule has 0 aliphatic heterocycles. The van der Waals surface area contributed by atoms with Crippen LogP contribution in [0.3, 0.4) is 0 Å². The van der Waals surface area contributed by atoms with Gasteiger partial charge in [-0.3, -0.25) is 4.79 Å². The predicted molar refractivity (Wildman–Crippen MR) is 63.9 cm³/mol. The Labute approximate surface area is 105 Å². The molecule has 0 unspecified atom stereocenters. The third-order valence-electron chi connectivity index (χ3n) is 2.15. The minimum Gasteiger partial charge on any atom is -0.347 e. The molecule has 0 atom stereocenters. The Bertz CT molecular complexity index is 528. The smallest absolute Gasteiger partial charge is 0.251 e. The molecule has 1 aromatic carbocycles. The quantitative estimate of drug-likeness (QED) is 0.913. The molecule has 2 aromatic rings.